The second-order valence-electron chi connectivity index (χ2n) is 11.5. The number of nitrogens with one attached hydrogen (secondary N) is 1. The van der Waals surface area contributed by atoms with Gasteiger partial charge in [0.1, 0.15) is 0 Å². The molecule has 0 spiro atoms. The van der Waals surface area contributed by atoms with E-state index in [1.807, 2.05) is 6.08 Å². The van der Waals surface area contributed by atoms with E-state index >= 15 is 0 Å². The lowest BCUT2D eigenvalue weighted by atomic mass is 10.1. The van der Waals surface area contributed by atoms with Crippen molar-refractivity contribution in [1.82, 2.24) is 5.32 Å². The Kier molecular flexibility index (Phi) is 33.6. The Hall–Kier alpha value is -2.69. The first-order chi connectivity index (χ1) is 22.2. The molecule has 0 saturated carbocycles. The fraction of sp³-hybridized carbons (Fsp3) is 0.585. The quantitative estimate of drug-likeness (QED) is 0.0552. The largest absolute Gasteiger partial charge is 0.394 e. The number of carbonyl (C=O) groups excluding carboxylic acids is 1. The van der Waals surface area contributed by atoms with Crippen molar-refractivity contribution in [1.29, 1.82) is 0 Å². The summed E-state index contributed by atoms with van der Waals surface area (Å²) in [6.45, 7) is 4.09. The number of carbonyl (C=O) groups is 1. The Morgan fingerprint density at radius 3 is 1.56 bits per heavy atom. The van der Waals surface area contributed by atoms with E-state index in [9.17, 15) is 15.0 Å². The Balaban J connectivity index is 3.78. The second kappa shape index (κ2) is 35.8. The Morgan fingerprint density at radius 1 is 0.556 bits per heavy atom. The SMILES string of the molecule is CC/C=C\C/C=C\C/C=C\C/C=C\C/C=C\CCCCCCCC(=O)NC(CO)C(O)/C=C/CC/C=C/CC/C=C/CCCC. The van der Waals surface area contributed by atoms with Gasteiger partial charge in [-0.15, -0.1) is 0 Å². The molecule has 0 rings (SSSR count). The van der Waals surface area contributed by atoms with Gasteiger partial charge in [0.05, 0.1) is 18.8 Å². The monoisotopic (exact) mass is 622 g/mol. The van der Waals surface area contributed by atoms with E-state index in [1.165, 1.54) is 32.1 Å². The maximum absolute atomic E-state index is 12.3. The van der Waals surface area contributed by atoms with Gasteiger partial charge < -0.3 is 15.5 Å². The molecule has 1 amide bonds. The van der Waals surface area contributed by atoms with Crippen molar-refractivity contribution in [3.63, 3.8) is 0 Å². The minimum absolute atomic E-state index is 0.105. The summed E-state index contributed by atoms with van der Waals surface area (Å²) in [4.78, 5) is 12.3. The van der Waals surface area contributed by atoms with Gasteiger partial charge in [-0.2, -0.15) is 0 Å². The van der Waals surface area contributed by atoms with Crippen molar-refractivity contribution in [3.8, 4) is 0 Å². The van der Waals surface area contributed by atoms with Gasteiger partial charge in [-0.3, -0.25) is 4.79 Å². The molecular weight excluding hydrogens is 554 g/mol. The molecule has 3 N–H and O–H groups in total. The van der Waals surface area contributed by atoms with Crippen molar-refractivity contribution in [2.45, 2.75) is 148 Å². The number of hydrogen-bond acceptors (Lipinski definition) is 3. The highest BCUT2D eigenvalue weighted by Gasteiger charge is 2.17. The van der Waals surface area contributed by atoms with Crippen LogP contribution < -0.4 is 5.32 Å². The van der Waals surface area contributed by atoms with Crippen LogP contribution in [0.1, 0.15) is 136 Å². The molecule has 45 heavy (non-hydrogen) atoms. The fourth-order valence-electron chi connectivity index (χ4n) is 4.51. The van der Waals surface area contributed by atoms with Gasteiger partial charge in [0.15, 0.2) is 0 Å². The zero-order valence-corrected chi connectivity index (χ0v) is 28.8. The summed E-state index contributed by atoms with van der Waals surface area (Å²) in [6, 6.07) is -0.660. The van der Waals surface area contributed by atoms with E-state index < -0.39 is 12.1 Å². The molecule has 0 aromatic carbocycles. The molecule has 0 aliphatic heterocycles. The smallest absolute Gasteiger partial charge is 0.220 e. The number of aliphatic hydroxyl groups excluding tert-OH is 2. The summed E-state index contributed by atoms with van der Waals surface area (Å²) in [5, 5.41) is 22.8. The van der Waals surface area contributed by atoms with Gasteiger partial charge in [-0.05, 0) is 83.5 Å². The van der Waals surface area contributed by atoms with E-state index in [0.717, 1.165) is 83.5 Å². The minimum atomic E-state index is -0.882. The highest BCUT2D eigenvalue weighted by molar-refractivity contribution is 5.76. The van der Waals surface area contributed by atoms with Gasteiger partial charge in [0.2, 0.25) is 5.91 Å². The number of aliphatic hydroxyl groups is 2. The number of amides is 1. The van der Waals surface area contributed by atoms with Crippen LogP contribution in [0.15, 0.2) is 97.2 Å². The lowest BCUT2D eigenvalue weighted by molar-refractivity contribution is -0.123. The molecule has 2 unspecified atom stereocenters. The van der Waals surface area contributed by atoms with Gasteiger partial charge in [0.25, 0.3) is 0 Å². The zero-order valence-electron chi connectivity index (χ0n) is 28.8. The van der Waals surface area contributed by atoms with Crippen LogP contribution in [0.3, 0.4) is 0 Å². The molecule has 0 bridgehead atoms. The summed E-state index contributed by atoms with van der Waals surface area (Å²) in [5.74, 6) is -0.105. The van der Waals surface area contributed by atoms with Gasteiger partial charge in [0, 0.05) is 6.42 Å². The lowest BCUT2D eigenvalue weighted by Gasteiger charge is -2.19. The van der Waals surface area contributed by atoms with E-state index in [0.29, 0.717) is 6.42 Å². The third-order valence-electron chi connectivity index (χ3n) is 7.28. The molecule has 4 heteroatoms. The summed E-state index contributed by atoms with van der Waals surface area (Å²) >= 11 is 0. The Bertz CT molecular complexity index is 890. The van der Waals surface area contributed by atoms with E-state index in [4.69, 9.17) is 0 Å². The molecule has 0 radical (unpaired) electrons. The van der Waals surface area contributed by atoms with Gasteiger partial charge >= 0.3 is 0 Å². The van der Waals surface area contributed by atoms with Crippen molar-refractivity contribution < 1.29 is 15.0 Å². The highest BCUT2D eigenvalue weighted by atomic mass is 16.3. The zero-order chi connectivity index (χ0) is 32.9. The number of rotatable bonds is 30. The third kappa shape index (κ3) is 32.5. The predicted molar refractivity (Wildman–Crippen MR) is 197 cm³/mol. The van der Waals surface area contributed by atoms with E-state index in [-0.39, 0.29) is 12.5 Å². The molecule has 0 aliphatic rings. The summed E-state index contributed by atoms with van der Waals surface area (Å²) < 4.78 is 0. The maximum atomic E-state index is 12.3. The molecule has 0 aromatic rings. The van der Waals surface area contributed by atoms with Crippen molar-refractivity contribution >= 4 is 5.91 Å². The van der Waals surface area contributed by atoms with Gasteiger partial charge in [-0.25, -0.2) is 0 Å². The molecule has 4 nitrogen and oxygen atoms in total. The van der Waals surface area contributed by atoms with Crippen LogP contribution in [-0.4, -0.2) is 34.9 Å². The third-order valence-corrected chi connectivity index (χ3v) is 7.28. The Labute approximate surface area is 277 Å². The first-order valence-electron chi connectivity index (χ1n) is 18.0. The van der Waals surface area contributed by atoms with Crippen LogP contribution in [0.2, 0.25) is 0 Å². The van der Waals surface area contributed by atoms with Crippen LogP contribution in [-0.2, 0) is 4.79 Å². The van der Waals surface area contributed by atoms with E-state index in [1.54, 1.807) is 6.08 Å². The standard InChI is InChI=1S/C41H67NO3/c1-3-5-7-9-11-13-15-17-18-19-20-21-22-23-24-25-27-29-31-33-35-37-41(45)42-39(38-43)40(44)36-34-32-30-28-26-16-14-12-10-8-6-4-2/h5,7,10-13,17-18,20-21,23-24,26,28,34,36,39-40,43-44H,3-4,6,8-9,14-16,19,22,25,27,29-33,35,37-38H2,1-2H3,(H,42,45)/b7-5-,12-10+,13-11-,18-17-,21-20-,24-23-,28-26+,36-34+. The molecule has 0 fully saturated rings. The van der Waals surface area contributed by atoms with Crippen LogP contribution in [0.25, 0.3) is 0 Å². The molecule has 0 aromatic heterocycles. The van der Waals surface area contributed by atoms with Crippen molar-refractivity contribution in [3.05, 3.63) is 97.2 Å². The summed E-state index contributed by atoms with van der Waals surface area (Å²) in [7, 11) is 0. The molecule has 0 saturated heterocycles. The van der Waals surface area contributed by atoms with Crippen molar-refractivity contribution in [2.75, 3.05) is 6.61 Å². The average Bonchev–Trinajstić information content (AvgIpc) is 3.04. The maximum Gasteiger partial charge on any atom is 0.220 e. The normalized spacial score (nSPS) is 14.3. The molecule has 254 valence electrons. The van der Waals surface area contributed by atoms with Crippen LogP contribution >= 0.6 is 0 Å². The van der Waals surface area contributed by atoms with Crippen LogP contribution in [0, 0.1) is 0 Å². The average molecular weight is 622 g/mol. The summed E-state index contributed by atoms with van der Waals surface area (Å²) in [6.07, 6.45) is 53.4. The highest BCUT2D eigenvalue weighted by Crippen LogP contribution is 2.09. The molecular formula is C41H67NO3. The first-order valence-corrected chi connectivity index (χ1v) is 18.0. The first kappa shape index (κ1) is 42.3. The van der Waals surface area contributed by atoms with Crippen molar-refractivity contribution in [2.24, 2.45) is 0 Å². The predicted octanol–water partition coefficient (Wildman–Crippen LogP) is 10.7. The second-order valence-corrected chi connectivity index (χ2v) is 11.5. The molecule has 0 aliphatic carbocycles. The lowest BCUT2D eigenvalue weighted by Crippen LogP contribution is -2.45. The summed E-state index contributed by atoms with van der Waals surface area (Å²) in [5.41, 5.74) is 0. The van der Waals surface area contributed by atoms with Crippen LogP contribution in [0.4, 0.5) is 0 Å². The Morgan fingerprint density at radius 2 is 1.00 bits per heavy atom. The molecule has 0 heterocycles. The number of hydrogen-bond donors (Lipinski definition) is 3. The van der Waals surface area contributed by atoms with Crippen LogP contribution in [0.5, 0.6) is 0 Å². The number of unbranched alkanes of at least 4 members (excludes halogenated alkanes) is 9. The van der Waals surface area contributed by atoms with E-state index in [2.05, 4.69) is 104 Å². The topological polar surface area (TPSA) is 69.6 Å². The molecule has 2 atom stereocenters. The minimum Gasteiger partial charge on any atom is -0.394 e. The fourth-order valence-corrected chi connectivity index (χ4v) is 4.51. The van der Waals surface area contributed by atoms with Gasteiger partial charge in [-0.1, -0.05) is 143 Å². The number of allylic oxidation sites excluding steroid dienone is 15.